The normalized spacial score (nSPS) is 19.3. The van der Waals surface area contributed by atoms with Crippen LogP contribution in [0, 0.1) is 23.6 Å². The Bertz CT molecular complexity index is 968. The molecule has 1 fully saturated rings. The highest BCUT2D eigenvalue weighted by atomic mass is 35.5. The molecule has 1 saturated carbocycles. The lowest BCUT2D eigenvalue weighted by atomic mass is 9.70. The number of carbonyl (C=O) groups is 2. The number of aryl methyl sites for hydroxylation is 1. The lowest BCUT2D eigenvalue weighted by Gasteiger charge is -2.36. The van der Waals surface area contributed by atoms with Gasteiger partial charge in [0.1, 0.15) is 16.7 Å². The minimum atomic E-state index is -0.912. The molecule has 0 saturated heterocycles. The van der Waals surface area contributed by atoms with E-state index in [9.17, 15) is 14.0 Å². The first-order chi connectivity index (χ1) is 13.9. The smallest absolute Gasteiger partial charge is 0.322 e. The zero-order valence-corrected chi connectivity index (χ0v) is 18.3. The molecular weight excluding hydrogens is 409 g/mol. The Morgan fingerprint density at radius 3 is 2.47 bits per heavy atom. The Hall–Kier alpha value is -2.61. The zero-order valence-electron chi connectivity index (χ0n) is 17.6. The van der Waals surface area contributed by atoms with Crippen LogP contribution >= 0.6 is 11.6 Å². The second-order valence-electron chi connectivity index (χ2n) is 8.76. The van der Waals surface area contributed by atoms with Crippen molar-refractivity contribution in [2.24, 2.45) is 11.1 Å². The highest BCUT2D eigenvalue weighted by Crippen LogP contribution is 2.40. The van der Waals surface area contributed by atoms with Gasteiger partial charge in [-0.05, 0) is 45.2 Å². The van der Waals surface area contributed by atoms with E-state index in [-0.39, 0.29) is 29.0 Å². The average Bonchev–Trinajstić information content (AvgIpc) is 2.89. The molecule has 0 bridgehead atoms. The van der Waals surface area contributed by atoms with Gasteiger partial charge in [-0.1, -0.05) is 31.0 Å². The molecule has 1 aliphatic heterocycles. The van der Waals surface area contributed by atoms with Gasteiger partial charge in [-0.15, -0.1) is 0 Å². The summed E-state index contributed by atoms with van der Waals surface area (Å²) in [7, 11) is 0. The van der Waals surface area contributed by atoms with E-state index in [1.165, 1.54) is 17.0 Å². The third-order valence-corrected chi connectivity index (χ3v) is 6.67. The quantitative estimate of drug-likeness (QED) is 0.426. The molecule has 5 N–H and O–H groups in total. The molecule has 1 aromatic rings. The number of carbonyl (C=O) groups excluding carboxylic acids is 2. The molecule has 0 radical (unpaired) electrons. The van der Waals surface area contributed by atoms with Crippen LogP contribution in [0.5, 0.6) is 0 Å². The van der Waals surface area contributed by atoms with Crippen molar-refractivity contribution >= 4 is 35.1 Å². The molecule has 2 aliphatic rings. The van der Waals surface area contributed by atoms with Gasteiger partial charge in [0.2, 0.25) is 5.91 Å². The first-order valence-corrected chi connectivity index (χ1v) is 10.2. The van der Waals surface area contributed by atoms with Gasteiger partial charge >= 0.3 is 6.03 Å². The number of benzene rings is 1. The zero-order chi connectivity index (χ0) is 22.4. The highest BCUT2D eigenvalue weighted by molar-refractivity contribution is 6.34. The number of hydrogen-bond donors (Lipinski definition) is 4. The van der Waals surface area contributed by atoms with Gasteiger partial charge in [0, 0.05) is 16.7 Å². The molecule has 1 heterocycles. The van der Waals surface area contributed by atoms with Gasteiger partial charge in [0.15, 0.2) is 0 Å². The molecule has 3 rings (SSSR count). The number of nitrogens with two attached hydrogens (primary N) is 1. The van der Waals surface area contributed by atoms with Crippen LogP contribution in [0.15, 0.2) is 23.4 Å². The van der Waals surface area contributed by atoms with Crippen LogP contribution in [-0.4, -0.2) is 34.8 Å². The number of nitrogens with one attached hydrogen (secondary N) is 3. The second-order valence-corrected chi connectivity index (χ2v) is 9.14. The summed E-state index contributed by atoms with van der Waals surface area (Å²) in [4.78, 5) is 26.9. The van der Waals surface area contributed by atoms with E-state index in [1.807, 2.05) is 6.92 Å². The van der Waals surface area contributed by atoms with Gasteiger partial charge in [0.25, 0.3) is 0 Å². The van der Waals surface area contributed by atoms with Gasteiger partial charge in [0.05, 0.1) is 17.8 Å². The van der Waals surface area contributed by atoms with E-state index in [2.05, 4.69) is 10.6 Å². The van der Waals surface area contributed by atoms with Crippen LogP contribution in [0.3, 0.4) is 0 Å². The van der Waals surface area contributed by atoms with Crippen molar-refractivity contribution in [3.8, 4) is 0 Å². The fourth-order valence-corrected chi connectivity index (χ4v) is 4.00. The van der Waals surface area contributed by atoms with Crippen molar-refractivity contribution in [2.75, 3.05) is 11.9 Å². The summed E-state index contributed by atoms with van der Waals surface area (Å²) in [5, 5.41) is 13.5. The van der Waals surface area contributed by atoms with Crippen molar-refractivity contribution in [3.05, 3.63) is 39.8 Å². The topological polar surface area (TPSA) is 111 Å². The number of amidine groups is 1. The van der Waals surface area contributed by atoms with Crippen molar-refractivity contribution < 1.29 is 14.0 Å². The number of urea groups is 1. The number of nitrogens with zero attached hydrogens (tertiary/aromatic N) is 1. The standard InChI is InChI=1S/C21H27ClFN5O2/c1-11-6-7-13(23)14(22)15(11)26-19(30)28-10-12(16(24)20(28,2)3)17(25)27-18(29)21(4)8-5-9-21/h6-7H,5,8-10,24H2,1-4H3,(H,26,30)(H2,25,27,29). The van der Waals surface area contributed by atoms with E-state index in [0.717, 1.165) is 19.3 Å². The fourth-order valence-electron chi connectivity index (χ4n) is 3.74. The number of anilines is 1. The summed E-state index contributed by atoms with van der Waals surface area (Å²) in [6.07, 6.45) is 2.56. The Balaban J connectivity index is 1.77. The lowest BCUT2D eigenvalue weighted by Crippen LogP contribution is -2.48. The molecule has 162 valence electrons. The predicted octanol–water partition coefficient (Wildman–Crippen LogP) is 3.91. The molecular formula is C21H27ClFN5O2. The third-order valence-electron chi connectivity index (χ3n) is 6.30. The second kappa shape index (κ2) is 7.58. The van der Waals surface area contributed by atoms with Gasteiger partial charge in [-0.2, -0.15) is 0 Å². The fraction of sp³-hybridized carbons (Fsp3) is 0.476. The Labute approximate surface area is 180 Å². The van der Waals surface area contributed by atoms with Crippen LogP contribution in [-0.2, 0) is 4.79 Å². The van der Waals surface area contributed by atoms with Crippen molar-refractivity contribution in [1.82, 2.24) is 10.2 Å². The molecule has 0 aromatic heterocycles. The first kappa shape index (κ1) is 22.1. The maximum atomic E-state index is 13.8. The molecule has 9 heteroatoms. The molecule has 1 aromatic carbocycles. The molecule has 1 aliphatic carbocycles. The SMILES string of the molecule is Cc1ccc(F)c(Cl)c1NC(=O)N1CC(C(=N)NC(=O)C2(C)CCC2)=C(N)C1(C)C. The Morgan fingerprint density at radius 1 is 1.27 bits per heavy atom. The van der Waals surface area contributed by atoms with Gasteiger partial charge < -0.3 is 21.3 Å². The third kappa shape index (κ3) is 3.64. The summed E-state index contributed by atoms with van der Waals surface area (Å²) >= 11 is 6.02. The Kier molecular flexibility index (Phi) is 5.58. The summed E-state index contributed by atoms with van der Waals surface area (Å²) in [5.41, 5.74) is 6.41. The predicted molar refractivity (Wildman–Crippen MR) is 115 cm³/mol. The monoisotopic (exact) mass is 435 g/mol. The van der Waals surface area contributed by atoms with Crippen molar-refractivity contribution in [1.29, 1.82) is 5.41 Å². The maximum Gasteiger partial charge on any atom is 0.322 e. The lowest BCUT2D eigenvalue weighted by molar-refractivity contribution is -0.132. The van der Waals surface area contributed by atoms with E-state index >= 15 is 0 Å². The number of rotatable bonds is 3. The van der Waals surface area contributed by atoms with E-state index in [4.69, 9.17) is 22.7 Å². The van der Waals surface area contributed by atoms with E-state index in [1.54, 1.807) is 20.8 Å². The molecule has 0 atom stereocenters. The molecule has 3 amide bonds. The van der Waals surface area contributed by atoms with Crippen LogP contribution in [0.1, 0.15) is 45.6 Å². The summed E-state index contributed by atoms with van der Waals surface area (Å²) in [6, 6.07) is 2.23. The van der Waals surface area contributed by atoms with E-state index < -0.39 is 22.8 Å². The van der Waals surface area contributed by atoms with Crippen LogP contribution in [0.2, 0.25) is 5.02 Å². The van der Waals surface area contributed by atoms with Gasteiger partial charge in [-0.25, -0.2) is 9.18 Å². The molecule has 0 spiro atoms. The average molecular weight is 436 g/mol. The highest BCUT2D eigenvalue weighted by Gasteiger charge is 2.44. The minimum absolute atomic E-state index is 0.0342. The summed E-state index contributed by atoms with van der Waals surface area (Å²) < 4.78 is 13.8. The van der Waals surface area contributed by atoms with Crippen LogP contribution in [0.4, 0.5) is 14.9 Å². The number of amides is 3. The van der Waals surface area contributed by atoms with Crippen molar-refractivity contribution in [3.63, 3.8) is 0 Å². The summed E-state index contributed by atoms with van der Waals surface area (Å²) in [5.74, 6) is -0.943. The Morgan fingerprint density at radius 2 is 1.90 bits per heavy atom. The summed E-state index contributed by atoms with van der Waals surface area (Å²) in [6.45, 7) is 7.11. The number of halogens is 2. The first-order valence-electron chi connectivity index (χ1n) is 9.81. The maximum absolute atomic E-state index is 13.8. The van der Waals surface area contributed by atoms with Crippen molar-refractivity contribution in [2.45, 2.75) is 52.5 Å². The molecule has 30 heavy (non-hydrogen) atoms. The number of hydrogen-bond acceptors (Lipinski definition) is 4. The van der Waals surface area contributed by atoms with E-state index in [0.29, 0.717) is 16.8 Å². The molecule has 7 nitrogen and oxygen atoms in total. The van der Waals surface area contributed by atoms with Crippen LogP contribution < -0.4 is 16.4 Å². The molecule has 0 unspecified atom stereocenters. The minimum Gasteiger partial charge on any atom is -0.400 e. The largest absolute Gasteiger partial charge is 0.400 e. The van der Waals surface area contributed by atoms with Gasteiger partial charge in [-0.3, -0.25) is 10.2 Å². The van der Waals surface area contributed by atoms with Crippen LogP contribution in [0.25, 0.3) is 0 Å².